The van der Waals surface area contributed by atoms with Crippen molar-refractivity contribution in [3.8, 4) is 5.75 Å². The molecule has 18 heteroatoms. The van der Waals surface area contributed by atoms with Crippen LogP contribution in [-0.2, 0) is 33.9 Å². The van der Waals surface area contributed by atoms with E-state index < -0.39 is 73.1 Å². The van der Waals surface area contributed by atoms with E-state index in [9.17, 15) is 32.7 Å². The van der Waals surface area contributed by atoms with E-state index in [0.29, 0.717) is 10.5 Å². The lowest BCUT2D eigenvalue weighted by Gasteiger charge is -2.52. The summed E-state index contributed by atoms with van der Waals surface area (Å²) in [5.74, 6) is -2.97. The van der Waals surface area contributed by atoms with Crippen LogP contribution in [-0.4, -0.2) is 86.6 Å². The molecule has 3 amide bonds. The standard InChI is InChI=1S/C24H29Cl3N4O9S2/c1-11-9-41-20-17(19(34)30(20)16(11)21(35)39-10-24(25,26)27)31(22(36)40-23(2,3)4)18(33)15(28)12-6-7-14(32)13(8-12)29-42(5,37)38/h6-8,15,17,20,29,32H,9-10,28H2,1-5H3/t15-,17?,20-/m1/s1. The van der Waals surface area contributed by atoms with E-state index in [2.05, 4.69) is 4.72 Å². The third-order valence-electron chi connectivity index (χ3n) is 5.74. The quantitative estimate of drug-likeness (QED) is 0.166. The highest BCUT2D eigenvalue weighted by Crippen LogP contribution is 2.44. The Morgan fingerprint density at radius 3 is 2.43 bits per heavy atom. The van der Waals surface area contributed by atoms with Gasteiger partial charge in [0.15, 0.2) is 6.04 Å². The SMILES string of the molecule is CC1=C(C(=O)OCC(Cl)(Cl)Cl)N2C(=O)C(N(C(=O)OC(C)(C)C)C(=O)[C@H](N)c3ccc(O)c(NS(C)(=O)=O)c3)[C@H]2SC1. The summed E-state index contributed by atoms with van der Waals surface area (Å²) in [6.07, 6.45) is -0.302. The van der Waals surface area contributed by atoms with Gasteiger partial charge in [-0.25, -0.2) is 22.9 Å². The molecule has 0 spiro atoms. The summed E-state index contributed by atoms with van der Waals surface area (Å²) in [6.45, 7) is 5.70. The molecule has 2 heterocycles. The van der Waals surface area contributed by atoms with Crippen LogP contribution in [0.1, 0.15) is 39.3 Å². The van der Waals surface area contributed by atoms with Crippen LogP contribution in [0.3, 0.4) is 0 Å². The summed E-state index contributed by atoms with van der Waals surface area (Å²) in [4.78, 5) is 55.2. The summed E-state index contributed by atoms with van der Waals surface area (Å²) in [5.41, 5.74) is 5.29. The number of benzene rings is 1. The maximum absolute atomic E-state index is 13.8. The highest BCUT2D eigenvalue weighted by Gasteiger charge is 2.59. The molecule has 1 unspecified atom stereocenters. The number of halogens is 3. The number of esters is 1. The van der Waals surface area contributed by atoms with Gasteiger partial charge < -0.3 is 20.3 Å². The number of nitrogens with one attached hydrogen (secondary N) is 1. The molecule has 1 saturated heterocycles. The minimum absolute atomic E-state index is 0.0177. The number of rotatable bonds is 7. The summed E-state index contributed by atoms with van der Waals surface area (Å²) in [6, 6.07) is 0.483. The fourth-order valence-corrected chi connectivity index (χ4v) is 6.10. The second-order valence-electron chi connectivity index (χ2n) is 10.5. The van der Waals surface area contributed by atoms with Crippen LogP contribution in [0.4, 0.5) is 10.5 Å². The van der Waals surface area contributed by atoms with Gasteiger partial charge in [-0.05, 0) is 51.0 Å². The predicted octanol–water partition coefficient (Wildman–Crippen LogP) is 3.00. The Morgan fingerprint density at radius 1 is 1.26 bits per heavy atom. The van der Waals surface area contributed by atoms with Crippen molar-refractivity contribution < 1.29 is 42.2 Å². The van der Waals surface area contributed by atoms with Crippen molar-refractivity contribution in [1.82, 2.24) is 9.80 Å². The molecule has 0 aliphatic carbocycles. The van der Waals surface area contributed by atoms with Gasteiger partial charge >= 0.3 is 12.1 Å². The van der Waals surface area contributed by atoms with Crippen molar-refractivity contribution in [3.05, 3.63) is 35.0 Å². The van der Waals surface area contributed by atoms with Gasteiger partial charge in [-0.1, -0.05) is 40.9 Å². The van der Waals surface area contributed by atoms with E-state index in [0.717, 1.165) is 23.3 Å². The Kier molecular flexibility index (Phi) is 9.96. The lowest BCUT2D eigenvalue weighted by Crippen LogP contribution is -2.73. The van der Waals surface area contributed by atoms with Crippen molar-refractivity contribution in [1.29, 1.82) is 0 Å². The molecule has 2 aliphatic rings. The van der Waals surface area contributed by atoms with Gasteiger partial charge in [-0.15, -0.1) is 11.8 Å². The molecule has 1 aromatic carbocycles. The summed E-state index contributed by atoms with van der Waals surface area (Å²) in [7, 11) is -3.81. The monoisotopic (exact) mass is 686 g/mol. The van der Waals surface area contributed by atoms with Gasteiger partial charge in [0.25, 0.3) is 11.8 Å². The number of carbonyl (C=O) groups is 4. The molecule has 3 atom stereocenters. The smallest absolute Gasteiger partial charge is 0.417 e. The van der Waals surface area contributed by atoms with Crippen LogP contribution >= 0.6 is 46.6 Å². The zero-order valence-corrected chi connectivity index (χ0v) is 26.9. The molecule has 0 aromatic heterocycles. The molecule has 232 valence electrons. The van der Waals surface area contributed by atoms with Crippen molar-refractivity contribution in [2.24, 2.45) is 5.73 Å². The number of hydrogen-bond acceptors (Lipinski definition) is 11. The van der Waals surface area contributed by atoms with E-state index in [4.69, 9.17) is 50.0 Å². The van der Waals surface area contributed by atoms with Gasteiger partial charge in [0.2, 0.25) is 13.8 Å². The number of nitrogens with two attached hydrogens (primary N) is 1. The van der Waals surface area contributed by atoms with Crippen LogP contribution in [0.2, 0.25) is 0 Å². The van der Waals surface area contributed by atoms with E-state index in [1.165, 1.54) is 17.8 Å². The fourth-order valence-electron chi connectivity index (χ4n) is 4.04. The number of anilines is 1. The summed E-state index contributed by atoms with van der Waals surface area (Å²) < 4.78 is 34.1. The number of phenols is 1. The van der Waals surface area contributed by atoms with Gasteiger partial charge in [0.05, 0.1) is 11.9 Å². The zero-order chi connectivity index (χ0) is 31.9. The van der Waals surface area contributed by atoms with Crippen LogP contribution in [0.15, 0.2) is 29.5 Å². The van der Waals surface area contributed by atoms with Crippen molar-refractivity contribution >= 4 is 86.2 Å². The number of imide groups is 1. The highest BCUT2D eigenvalue weighted by molar-refractivity contribution is 8.00. The summed E-state index contributed by atoms with van der Waals surface area (Å²) in [5, 5.41) is 9.16. The Morgan fingerprint density at radius 2 is 1.88 bits per heavy atom. The predicted molar refractivity (Wildman–Crippen MR) is 157 cm³/mol. The number of fused-ring (bicyclic) bond motifs is 1. The van der Waals surface area contributed by atoms with Gasteiger partial charge in [0.1, 0.15) is 35.1 Å². The Bertz CT molecular complexity index is 1440. The summed E-state index contributed by atoms with van der Waals surface area (Å²) >= 11 is 18.2. The number of nitrogens with zero attached hydrogens (tertiary/aromatic N) is 2. The third-order valence-corrected chi connectivity index (χ3v) is 8.07. The lowest BCUT2D eigenvalue weighted by atomic mass is 9.99. The lowest BCUT2D eigenvalue weighted by molar-refractivity contribution is -0.160. The molecule has 2 aliphatic heterocycles. The average Bonchev–Trinajstić information content (AvgIpc) is 2.83. The number of aromatic hydroxyl groups is 1. The molecule has 0 bridgehead atoms. The normalized spacial score (nSPS) is 19.8. The number of ether oxygens (including phenoxy) is 2. The molecular formula is C24H29Cl3N4O9S2. The first-order valence-electron chi connectivity index (χ1n) is 12.1. The third kappa shape index (κ3) is 7.94. The number of phenolic OH excluding ortho intramolecular Hbond substituents is 1. The van der Waals surface area contributed by atoms with Gasteiger partial charge in [-0.3, -0.25) is 19.2 Å². The number of carbonyl (C=O) groups excluding carboxylic acids is 4. The molecule has 3 rings (SSSR count). The zero-order valence-electron chi connectivity index (χ0n) is 23.0. The number of β-lactam (4-membered cyclic amide) rings is 1. The topological polar surface area (TPSA) is 186 Å². The average molecular weight is 688 g/mol. The van der Waals surface area contributed by atoms with Crippen LogP contribution in [0.25, 0.3) is 0 Å². The molecule has 1 aromatic rings. The molecule has 0 saturated carbocycles. The van der Waals surface area contributed by atoms with E-state index in [1.807, 2.05) is 0 Å². The molecule has 1 fully saturated rings. The van der Waals surface area contributed by atoms with Crippen LogP contribution in [0.5, 0.6) is 5.75 Å². The van der Waals surface area contributed by atoms with Gasteiger partial charge in [0, 0.05) is 5.75 Å². The van der Waals surface area contributed by atoms with Crippen LogP contribution in [0, 0.1) is 0 Å². The maximum Gasteiger partial charge on any atom is 0.417 e. The largest absolute Gasteiger partial charge is 0.506 e. The fraction of sp³-hybridized carbons (Fsp3) is 0.500. The molecular weight excluding hydrogens is 659 g/mol. The number of sulfonamides is 1. The molecule has 4 N–H and O–H groups in total. The first-order chi connectivity index (χ1) is 19.1. The Hall–Kier alpha value is -2.43. The van der Waals surface area contributed by atoms with Crippen LogP contribution < -0.4 is 10.5 Å². The molecule has 13 nitrogen and oxygen atoms in total. The molecule has 42 heavy (non-hydrogen) atoms. The number of alkyl halides is 3. The van der Waals surface area contributed by atoms with E-state index in [-0.39, 0.29) is 22.7 Å². The van der Waals surface area contributed by atoms with E-state index in [1.54, 1.807) is 27.7 Å². The Labute approximate surface area is 261 Å². The second kappa shape index (κ2) is 12.3. The van der Waals surface area contributed by atoms with Crippen molar-refractivity contribution in [3.63, 3.8) is 0 Å². The van der Waals surface area contributed by atoms with Crippen molar-refractivity contribution in [2.75, 3.05) is 23.3 Å². The highest BCUT2D eigenvalue weighted by atomic mass is 35.6. The Balaban J connectivity index is 1.97. The minimum atomic E-state index is -3.81. The number of hydrogen-bond donors (Lipinski definition) is 3. The first-order valence-corrected chi connectivity index (χ1v) is 16.2. The second-order valence-corrected chi connectivity index (χ2v) is 15.9. The van der Waals surface area contributed by atoms with Crippen molar-refractivity contribution in [2.45, 2.75) is 54.5 Å². The number of thioether (sulfide) groups is 1. The van der Waals surface area contributed by atoms with Gasteiger partial charge in [-0.2, -0.15) is 0 Å². The minimum Gasteiger partial charge on any atom is -0.506 e. The molecule has 0 radical (unpaired) electrons. The first kappa shape index (κ1) is 34.1. The van der Waals surface area contributed by atoms with E-state index >= 15 is 0 Å². The maximum atomic E-state index is 13.8. The number of amides is 3.